The van der Waals surface area contributed by atoms with E-state index in [0.717, 1.165) is 12.8 Å². The van der Waals surface area contributed by atoms with Crippen molar-refractivity contribution < 1.29 is 19.7 Å². The van der Waals surface area contributed by atoms with Crippen LogP contribution in [-0.4, -0.2) is 35.5 Å². The van der Waals surface area contributed by atoms with Crippen molar-refractivity contribution in [1.29, 1.82) is 0 Å². The Balaban J connectivity index is 3.53. The second kappa shape index (κ2) is 14.3. The number of carbonyl (C=O) groups excluding carboxylic acids is 1. The molecule has 2 N–H and O–H groups in total. The molecule has 0 aromatic carbocycles. The SMILES string of the molecule is CCCCC/C=C/CC=CCCC(=O)OC(CO)CO. The predicted octanol–water partition coefficient (Wildman–Crippen LogP) is 2.75. The Bertz CT molecular complexity index is 280. The third-order valence-corrected chi connectivity index (χ3v) is 2.80. The van der Waals surface area contributed by atoms with Crippen LogP contribution in [0.4, 0.5) is 0 Å². The van der Waals surface area contributed by atoms with Crippen LogP contribution in [0.15, 0.2) is 24.3 Å². The monoisotopic (exact) mass is 284 g/mol. The van der Waals surface area contributed by atoms with Gasteiger partial charge in [-0.15, -0.1) is 0 Å². The van der Waals surface area contributed by atoms with Crippen molar-refractivity contribution in [3.63, 3.8) is 0 Å². The van der Waals surface area contributed by atoms with Crippen molar-refractivity contribution in [2.24, 2.45) is 0 Å². The van der Waals surface area contributed by atoms with Crippen LogP contribution in [0.5, 0.6) is 0 Å². The number of unbranched alkanes of at least 4 members (excludes halogenated alkanes) is 3. The number of rotatable bonds is 12. The molecule has 0 aromatic rings. The van der Waals surface area contributed by atoms with Gasteiger partial charge in [0.05, 0.1) is 13.2 Å². The average Bonchev–Trinajstić information content (AvgIpc) is 2.46. The van der Waals surface area contributed by atoms with Gasteiger partial charge >= 0.3 is 5.97 Å². The first-order chi connectivity index (χ1) is 9.74. The molecule has 0 heterocycles. The van der Waals surface area contributed by atoms with Crippen LogP contribution in [0.2, 0.25) is 0 Å². The van der Waals surface area contributed by atoms with Gasteiger partial charge in [0, 0.05) is 6.42 Å². The summed E-state index contributed by atoms with van der Waals surface area (Å²) in [5.74, 6) is -0.391. The summed E-state index contributed by atoms with van der Waals surface area (Å²) in [6.45, 7) is 1.50. The Morgan fingerprint density at radius 1 is 1.05 bits per heavy atom. The Hall–Kier alpha value is -1.13. The number of aliphatic hydroxyl groups is 2. The van der Waals surface area contributed by atoms with Gasteiger partial charge in [0.25, 0.3) is 0 Å². The maximum Gasteiger partial charge on any atom is 0.306 e. The molecule has 116 valence electrons. The minimum absolute atomic E-state index is 0.271. The summed E-state index contributed by atoms with van der Waals surface area (Å²) in [6, 6.07) is 0. The number of hydrogen-bond donors (Lipinski definition) is 2. The Labute approximate surface area is 122 Å². The number of allylic oxidation sites excluding steroid dienone is 4. The first-order valence-corrected chi connectivity index (χ1v) is 7.45. The highest BCUT2D eigenvalue weighted by Crippen LogP contribution is 2.02. The molecule has 0 unspecified atom stereocenters. The molecule has 0 atom stereocenters. The fourth-order valence-corrected chi connectivity index (χ4v) is 1.60. The van der Waals surface area contributed by atoms with E-state index in [9.17, 15) is 4.79 Å². The molecular formula is C16H28O4. The maximum absolute atomic E-state index is 11.3. The molecule has 0 saturated heterocycles. The van der Waals surface area contributed by atoms with Gasteiger partial charge in [0.1, 0.15) is 6.10 Å². The smallest absolute Gasteiger partial charge is 0.306 e. The number of aliphatic hydroxyl groups excluding tert-OH is 2. The molecule has 0 fully saturated rings. The van der Waals surface area contributed by atoms with Gasteiger partial charge < -0.3 is 14.9 Å². The maximum atomic E-state index is 11.3. The van der Waals surface area contributed by atoms with E-state index < -0.39 is 12.1 Å². The molecular weight excluding hydrogens is 256 g/mol. The first-order valence-electron chi connectivity index (χ1n) is 7.45. The van der Waals surface area contributed by atoms with Crippen molar-refractivity contribution in [1.82, 2.24) is 0 Å². The zero-order chi connectivity index (χ0) is 15.1. The van der Waals surface area contributed by atoms with E-state index in [1.807, 2.05) is 12.2 Å². The summed E-state index contributed by atoms with van der Waals surface area (Å²) < 4.78 is 4.84. The van der Waals surface area contributed by atoms with Crippen molar-refractivity contribution in [3.05, 3.63) is 24.3 Å². The summed E-state index contributed by atoms with van der Waals surface area (Å²) in [6.07, 6.45) is 14.2. The molecule has 0 rings (SSSR count). The number of hydrogen-bond acceptors (Lipinski definition) is 4. The van der Waals surface area contributed by atoms with E-state index >= 15 is 0 Å². The molecule has 0 spiro atoms. The second-order valence-electron chi connectivity index (χ2n) is 4.69. The second-order valence-corrected chi connectivity index (χ2v) is 4.69. The van der Waals surface area contributed by atoms with Crippen molar-refractivity contribution >= 4 is 5.97 Å². The van der Waals surface area contributed by atoms with Gasteiger partial charge in [0.15, 0.2) is 0 Å². The van der Waals surface area contributed by atoms with E-state index in [-0.39, 0.29) is 19.6 Å². The quantitative estimate of drug-likeness (QED) is 0.328. The zero-order valence-corrected chi connectivity index (χ0v) is 12.5. The molecule has 4 nitrogen and oxygen atoms in total. The highest BCUT2D eigenvalue weighted by Gasteiger charge is 2.10. The van der Waals surface area contributed by atoms with Crippen LogP contribution in [0.25, 0.3) is 0 Å². The first kappa shape index (κ1) is 18.9. The molecule has 0 radical (unpaired) electrons. The molecule has 0 aliphatic rings. The predicted molar refractivity (Wildman–Crippen MR) is 80.3 cm³/mol. The van der Waals surface area contributed by atoms with E-state index in [1.54, 1.807) is 0 Å². The molecule has 0 aromatic heterocycles. The standard InChI is InChI=1S/C16H28O4/c1-2-3-4-5-6-7-8-9-10-11-12-16(19)20-15(13-17)14-18/h6-7,9-10,15,17-18H,2-5,8,11-14H2,1H3/b7-6+,10-9?. The third-order valence-electron chi connectivity index (χ3n) is 2.80. The minimum Gasteiger partial charge on any atom is -0.457 e. The highest BCUT2D eigenvalue weighted by atomic mass is 16.6. The number of carbonyl (C=O) groups is 1. The topological polar surface area (TPSA) is 66.8 Å². The van der Waals surface area contributed by atoms with Gasteiger partial charge in [0.2, 0.25) is 0 Å². The minimum atomic E-state index is -0.794. The van der Waals surface area contributed by atoms with E-state index in [1.165, 1.54) is 19.3 Å². The Morgan fingerprint density at radius 2 is 1.70 bits per heavy atom. The Morgan fingerprint density at radius 3 is 2.30 bits per heavy atom. The molecule has 0 aliphatic carbocycles. The van der Waals surface area contributed by atoms with E-state index in [2.05, 4.69) is 19.1 Å². The summed E-state index contributed by atoms with van der Waals surface area (Å²) in [7, 11) is 0. The largest absolute Gasteiger partial charge is 0.457 e. The van der Waals surface area contributed by atoms with Gasteiger partial charge in [-0.2, -0.15) is 0 Å². The van der Waals surface area contributed by atoms with Crippen LogP contribution in [0.1, 0.15) is 51.9 Å². The zero-order valence-electron chi connectivity index (χ0n) is 12.5. The van der Waals surface area contributed by atoms with Gasteiger partial charge in [-0.05, 0) is 25.7 Å². The van der Waals surface area contributed by atoms with Crippen LogP contribution < -0.4 is 0 Å². The molecule has 20 heavy (non-hydrogen) atoms. The fourth-order valence-electron chi connectivity index (χ4n) is 1.60. The molecule has 0 aliphatic heterocycles. The van der Waals surface area contributed by atoms with Gasteiger partial charge in [-0.3, -0.25) is 4.79 Å². The fraction of sp³-hybridized carbons (Fsp3) is 0.688. The highest BCUT2D eigenvalue weighted by molar-refractivity contribution is 5.69. The van der Waals surface area contributed by atoms with Gasteiger partial charge in [-0.1, -0.05) is 44.1 Å². The van der Waals surface area contributed by atoms with Gasteiger partial charge in [-0.25, -0.2) is 0 Å². The van der Waals surface area contributed by atoms with E-state index in [0.29, 0.717) is 6.42 Å². The molecule has 0 amide bonds. The van der Waals surface area contributed by atoms with Crippen LogP contribution in [-0.2, 0) is 9.53 Å². The summed E-state index contributed by atoms with van der Waals surface area (Å²) in [5, 5.41) is 17.5. The van der Waals surface area contributed by atoms with Crippen LogP contribution in [0, 0.1) is 0 Å². The normalized spacial score (nSPS) is 11.8. The van der Waals surface area contributed by atoms with E-state index in [4.69, 9.17) is 14.9 Å². The summed E-state index contributed by atoms with van der Waals surface area (Å²) in [5.41, 5.74) is 0. The lowest BCUT2D eigenvalue weighted by molar-refractivity contribution is -0.153. The lowest BCUT2D eigenvalue weighted by Crippen LogP contribution is -2.25. The van der Waals surface area contributed by atoms with Crippen molar-refractivity contribution in [2.45, 2.75) is 58.0 Å². The Kier molecular flexibility index (Phi) is 13.5. The lowest BCUT2D eigenvalue weighted by Gasteiger charge is -2.11. The molecule has 4 heteroatoms. The van der Waals surface area contributed by atoms with Crippen LogP contribution in [0.3, 0.4) is 0 Å². The molecule has 0 saturated carbocycles. The van der Waals surface area contributed by atoms with Crippen LogP contribution >= 0.6 is 0 Å². The summed E-state index contributed by atoms with van der Waals surface area (Å²) in [4.78, 5) is 11.3. The average molecular weight is 284 g/mol. The number of esters is 1. The number of ether oxygens (including phenoxy) is 1. The summed E-state index contributed by atoms with van der Waals surface area (Å²) >= 11 is 0. The third kappa shape index (κ3) is 11.9. The lowest BCUT2D eigenvalue weighted by atomic mass is 10.2. The van der Waals surface area contributed by atoms with Crippen molar-refractivity contribution in [2.75, 3.05) is 13.2 Å². The van der Waals surface area contributed by atoms with Crippen molar-refractivity contribution in [3.8, 4) is 0 Å². The molecule has 0 bridgehead atoms.